The second-order valence-electron chi connectivity index (χ2n) is 7.24. The van der Waals surface area contributed by atoms with E-state index in [-0.39, 0.29) is 11.9 Å². The SMILES string of the molecule is Cc1cc(C(=O)N=C(N)N)ccc1C1CCN(C(=O)c2cccc(C#N)c2)CC1.O=S=O. The minimum absolute atomic E-state index is 0.0459. The molecule has 0 radical (unpaired) electrons. The summed E-state index contributed by atoms with van der Waals surface area (Å²) in [7, 11) is 0. The Kier molecular flexibility index (Phi) is 8.80. The Morgan fingerprint density at radius 2 is 1.75 bits per heavy atom. The Labute approximate surface area is 189 Å². The van der Waals surface area contributed by atoms with Crippen molar-refractivity contribution in [2.75, 3.05) is 13.1 Å². The topological polar surface area (TPSA) is 160 Å². The van der Waals surface area contributed by atoms with Crippen molar-refractivity contribution in [3.63, 3.8) is 0 Å². The van der Waals surface area contributed by atoms with Crippen LogP contribution in [-0.4, -0.2) is 44.2 Å². The fraction of sp³-hybridized carbons (Fsp3) is 0.273. The van der Waals surface area contributed by atoms with Gasteiger partial charge in [0.1, 0.15) is 0 Å². The van der Waals surface area contributed by atoms with Crippen LogP contribution in [-0.2, 0) is 11.6 Å². The van der Waals surface area contributed by atoms with Gasteiger partial charge in [-0.25, -0.2) is 0 Å². The lowest BCUT2D eigenvalue weighted by molar-refractivity contribution is 0.0712. The number of aliphatic imine (C=N–C) groups is 1. The average molecular weight is 454 g/mol. The molecule has 4 N–H and O–H groups in total. The molecule has 1 aliphatic heterocycles. The zero-order valence-electron chi connectivity index (χ0n) is 17.5. The monoisotopic (exact) mass is 453 g/mol. The van der Waals surface area contributed by atoms with E-state index < -0.39 is 17.5 Å². The Hall–Kier alpha value is -3.84. The Morgan fingerprint density at radius 3 is 2.31 bits per heavy atom. The van der Waals surface area contributed by atoms with Gasteiger partial charge in [-0.2, -0.15) is 18.7 Å². The first-order valence-corrected chi connectivity index (χ1v) is 10.4. The van der Waals surface area contributed by atoms with Crippen molar-refractivity contribution >= 4 is 29.3 Å². The molecular formula is C22H23N5O4S. The molecule has 10 heteroatoms. The maximum atomic E-state index is 12.7. The molecule has 2 aromatic rings. The smallest absolute Gasteiger partial charge is 0.335 e. The van der Waals surface area contributed by atoms with E-state index in [4.69, 9.17) is 25.1 Å². The average Bonchev–Trinajstić information content (AvgIpc) is 2.79. The van der Waals surface area contributed by atoms with Crippen LogP contribution < -0.4 is 11.5 Å². The predicted molar refractivity (Wildman–Crippen MR) is 119 cm³/mol. The van der Waals surface area contributed by atoms with E-state index in [2.05, 4.69) is 11.1 Å². The summed E-state index contributed by atoms with van der Waals surface area (Å²) >= 11 is -0.750. The number of nitrogens with zero attached hydrogens (tertiary/aromatic N) is 3. The van der Waals surface area contributed by atoms with Gasteiger partial charge in [0.2, 0.25) is 0 Å². The van der Waals surface area contributed by atoms with Crippen LogP contribution >= 0.6 is 0 Å². The summed E-state index contributed by atoms with van der Waals surface area (Å²) < 4.78 is 16.6. The minimum Gasteiger partial charge on any atom is -0.370 e. The lowest BCUT2D eigenvalue weighted by atomic mass is 9.86. The summed E-state index contributed by atoms with van der Waals surface area (Å²) in [5.74, 6) is -0.444. The number of hydrogen-bond donors (Lipinski definition) is 2. The van der Waals surface area contributed by atoms with E-state index in [1.165, 1.54) is 5.56 Å². The van der Waals surface area contributed by atoms with E-state index in [0.29, 0.717) is 35.7 Å². The van der Waals surface area contributed by atoms with E-state index in [1.807, 2.05) is 17.9 Å². The molecule has 0 aliphatic carbocycles. The van der Waals surface area contributed by atoms with Crippen LogP contribution in [0.2, 0.25) is 0 Å². The van der Waals surface area contributed by atoms with Crippen LogP contribution in [0.3, 0.4) is 0 Å². The Morgan fingerprint density at radius 1 is 1.09 bits per heavy atom. The summed E-state index contributed by atoms with van der Waals surface area (Å²) in [5.41, 5.74) is 14.2. The number of benzene rings is 2. The molecule has 2 aromatic carbocycles. The molecule has 0 aromatic heterocycles. The van der Waals surface area contributed by atoms with Crippen molar-refractivity contribution in [1.29, 1.82) is 5.26 Å². The molecule has 1 aliphatic rings. The zero-order chi connectivity index (χ0) is 23.7. The van der Waals surface area contributed by atoms with Gasteiger partial charge in [0, 0.05) is 24.2 Å². The molecule has 0 spiro atoms. The molecule has 3 rings (SSSR count). The number of nitriles is 1. The van der Waals surface area contributed by atoms with E-state index in [1.54, 1.807) is 36.4 Å². The lowest BCUT2D eigenvalue weighted by Crippen LogP contribution is -2.38. The van der Waals surface area contributed by atoms with Crippen molar-refractivity contribution in [2.24, 2.45) is 16.5 Å². The quantitative estimate of drug-likeness (QED) is 0.527. The van der Waals surface area contributed by atoms with Crippen molar-refractivity contribution in [2.45, 2.75) is 25.7 Å². The molecular weight excluding hydrogens is 430 g/mol. The normalized spacial score (nSPS) is 13.2. The van der Waals surface area contributed by atoms with Crippen LogP contribution in [0.4, 0.5) is 0 Å². The van der Waals surface area contributed by atoms with Gasteiger partial charge in [0.25, 0.3) is 11.8 Å². The van der Waals surface area contributed by atoms with E-state index in [9.17, 15) is 9.59 Å². The van der Waals surface area contributed by atoms with Gasteiger partial charge >= 0.3 is 11.6 Å². The van der Waals surface area contributed by atoms with Crippen molar-refractivity contribution in [3.05, 3.63) is 70.3 Å². The minimum atomic E-state index is -0.750. The number of hydrogen-bond acceptors (Lipinski definition) is 5. The van der Waals surface area contributed by atoms with Gasteiger partial charge in [-0.05, 0) is 67.1 Å². The van der Waals surface area contributed by atoms with Gasteiger partial charge in [-0.15, -0.1) is 0 Å². The number of likely N-dealkylation sites (tertiary alicyclic amines) is 1. The number of guanidine groups is 1. The summed E-state index contributed by atoms with van der Waals surface area (Å²) in [6.07, 6.45) is 1.68. The van der Waals surface area contributed by atoms with Gasteiger partial charge in [0.15, 0.2) is 5.96 Å². The number of aryl methyl sites for hydroxylation is 1. The highest BCUT2D eigenvalue weighted by atomic mass is 32.1. The molecule has 1 fully saturated rings. The fourth-order valence-electron chi connectivity index (χ4n) is 3.75. The molecule has 0 unspecified atom stereocenters. The van der Waals surface area contributed by atoms with E-state index >= 15 is 0 Å². The van der Waals surface area contributed by atoms with Crippen LogP contribution in [0.25, 0.3) is 0 Å². The van der Waals surface area contributed by atoms with Crippen LogP contribution in [0, 0.1) is 18.3 Å². The zero-order valence-corrected chi connectivity index (χ0v) is 18.3. The molecule has 1 heterocycles. The first-order valence-electron chi connectivity index (χ1n) is 9.76. The third kappa shape index (κ3) is 6.33. The largest absolute Gasteiger partial charge is 0.370 e. The third-order valence-corrected chi connectivity index (χ3v) is 5.21. The second-order valence-corrected chi connectivity index (χ2v) is 7.38. The number of carbonyl (C=O) groups excluding carboxylic acids is 2. The summed E-state index contributed by atoms with van der Waals surface area (Å²) in [6.45, 7) is 3.26. The van der Waals surface area contributed by atoms with Gasteiger partial charge in [-0.3, -0.25) is 9.59 Å². The second kappa shape index (κ2) is 11.5. The highest BCUT2D eigenvalue weighted by Gasteiger charge is 2.25. The molecule has 0 bridgehead atoms. The standard InChI is InChI=1S/C22H23N5O2.O2S/c1-14-11-17(20(28)26-22(24)25)5-6-19(14)16-7-9-27(10-8-16)21(29)18-4-2-3-15(12-18)13-23;1-3-2/h2-6,11-12,16H,7-10H2,1H3,(H4,24,25,26,28);. The number of amides is 2. The maximum Gasteiger partial charge on any atom is 0.335 e. The van der Waals surface area contributed by atoms with Crippen LogP contribution in [0.1, 0.15) is 56.2 Å². The van der Waals surface area contributed by atoms with Crippen LogP contribution in [0.5, 0.6) is 0 Å². The molecule has 1 saturated heterocycles. The van der Waals surface area contributed by atoms with Crippen molar-refractivity contribution in [1.82, 2.24) is 4.90 Å². The fourth-order valence-corrected chi connectivity index (χ4v) is 3.75. The van der Waals surface area contributed by atoms with Gasteiger partial charge in [-0.1, -0.05) is 12.1 Å². The highest BCUT2D eigenvalue weighted by molar-refractivity contribution is 7.51. The maximum absolute atomic E-state index is 12.7. The van der Waals surface area contributed by atoms with Gasteiger partial charge < -0.3 is 16.4 Å². The molecule has 32 heavy (non-hydrogen) atoms. The highest BCUT2D eigenvalue weighted by Crippen LogP contribution is 2.31. The number of piperidine rings is 1. The first-order chi connectivity index (χ1) is 15.3. The number of rotatable bonds is 3. The molecule has 9 nitrogen and oxygen atoms in total. The Balaban J connectivity index is 0.00000114. The molecule has 0 saturated carbocycles. The van der Waals surface area contributed by atoms with Crippen LogP contribution in [0.15, 0.2) is 47.5 Å². The summed E-state index contributed by atoms with van der Waals surface area (Å²) in [5, 5.41) is 9.02. The number of nitrogens with two attached hydrogens (primary N) is 2. The molecule has 0 atom stereocenters. The first kappa shape index (κ1) is 24.4. The Bertz CT molecular complexity index is 1110. The molecule has 2 amide bonds. The van der Waals surface area contributed by atoms with Crippen molar-refractivity contribution in [3.8, 4) is 6.07 Å². The number of carbonyl (C=O) groups is 2. The molecule has 166 valence electrons. The van der Waals surface area contributed by atoms with Crippen molar-refractivity contribution < 1.29 is 18.0 Å². The third-order valence-electron chi connectivity index (χ3n) is 5.21. The lowest BCUT2D eigenvalue weighted by Gasteiger charge is -2.33. The van der Waals surface area contributed by atoms with Gasteiger partial charge in [0.05, 0.1) is 11.6 Å². The van der Waals surface area contributed by atoms with E-state index in [0.717, 1.165) is 18.4 Å². The predicted octanol–water partition coefficient (Wildman–Crippen LogP) is 1.63. The summed E-state index contributed by atoms with van der Waals surface area (Å²) in [4.78, 5) is 30.1. The summed E-state index contributed by atoms with van der Waals surface area (Å²) in [6, 6.07) is 14.3.